The van der Waals surface area contributed by atoms with Gasteiger partial charge in [-0.2, -0.15) is 5.10 Å². The summed E-state index contributed by atoms with van der Waals surface area (Å²) >= 11 is 0. The third-order valence-electron chi connectivity index (χ3n) is 5.15. The lowest BCUT2D eigenvalue weighted by Gasteiger charge is -2.27. The van der Waals surface area contributed by atoms with Gasteiger partial charge in [0.15, 0.2) is 0 Å². The summed E-state index contributed by atoms with van der Waals surface area (Å²) in [6.07, 6.45) is 3.65. The maximum atomic E-state index is 13.1. The van der Waals surface area contributed by atoms with Crippen molar-refractivity contribution < 1.29 is 9.53 Å². The summed E-state index contributed by atoms with van der Waals surface area (Å²) in [6, 6.07) is 23.0. The Morgan fingerprint density at radius 1 is 0.900 bits per heavy atom. The molecule has 0 unspecified atom stereocenters. The first kappa shape index (κ1) is 18.1. The number of pyridine rings is 1. The van der Waals surface area contributed by atoms with E-state index in [1.165, 1.54) is 0 Å². The second kappa shape index (κ2) is 7.83. The van der Waals surface area contributed by atoms with Crippen molar-refractivity contribution in [2.45, 2.75) is 12.5 Å². The summed E-state index contributed by atoms with van der Waals surface area (Å²) in [5.74, 6) is 1.01. The summed E-state index contributed by atoms with van der Waals surface area (Å²) in [5.41, 5.74) is 3.40. The molecule has 0 aliphatic carbocycles. The Bertz CT molecular complexity index is 1140. The van der Waals surface area contributed by atoms with E-state index in [0.29, 0.717) is 13.1 Å². The van der Waals surface area contributed by atoms with E-state index in [0.717, 1.165) is 34.0 Å². The van der Waals surface area contributed by atoms with Gasteiger partial charge in [0.05, 0.1) is 18.2 Å². The smallest absolute Gasteiger partial charge is 0.232 e. The molecular weight excluding hydrogens is 376 g/mol. The molecule has 30 heavy (non-hydrogen) atoms. The fraction of sp³-hybridized carbons (Fsp3) is 0.125. The van der Waals surface area contributed by atoms with Crippen molar-refractivity contribution >= 4 is 5.91 Å². The molecule has 2 aromatic carbocycles. The van der Waals surface area contributed by atoms with Crippen LogP contribution < -0.4 is 10.1 Å². The number of nitrogens with one attached hydrogen (secondary N) is 1. The maximum absolute atomic E-state index is 13.1. The molecule has 0 bridgehead atoms. The highest BCUT2D eigenvalue weighted by Gasteiger charge is 2.32. The van der Waals surface area contributed by atoms with Gasteiger partial charge in [0.2, 0.25) is 5.91 Å². The summed E-state index contributed by atoms with van der Waals surface area (Å²) in [4.78, 5) is 17.5. The summed E-state index contributed by atoms with van der Waals surface area (Å²) in [7, 11) is 0. The van der Waals surface area contributed by atoms with Gasteiger partial charge in [-0.3, -0.25) is 14.5 Å². The summed E-state index contributed by atoms with van der Waals surface area (Å²) in [6.45, 7) is 1.05. The highest BCUT2D eigenvalue weighted by atomic mass is 16.5. The van der Waals surface area contributed by atoms with E-state index in [9.17, 15) is 4.79 Å². The van der Waals surface area contributed by atoms with Crippen LogP contribution in [0.15, 0.2) is 85.2 Å². The molecule has 1 N–H and O–H groups in total. The van der Waals surface area contributed by atoms with Gasteiger partial charge in [0.1, 0.15) is 17.2 Å². The number of fused-ring (bicyclic) bond motifs is 2. The van der Waals surface area contributed by atoms with Gasteiger partial charge in [-0.25, -0.2) is 0 Å². The minimum absolute atomic E-state index is 0.0460. The van der Waals surface area contributed by atoms with Gasteiger partial charge in [-0.15, -0.1) is 0 Å². The molecule has 4 aromatic rings. The minimum Gasteiger partial charge on any atom is -0.457 e. The molecular formula is C24H20N4O2. The third kappa shape index (κ3) is 3.43. The van der Waals surface area contributed by atoms with Crippen LogP contribution in [0.4, 0.5) is 0 Å². The number of hydrogen-bond acceptors (Lipinski definition) is 4. The van der Waals surface area contributed by atoms with Crippen LogP contribution in [-0.2, 0) is 11.3 Å². The predicted molar refractivity (Wildman–Crippen MR) is 113 cm³/mol. The maximum Gasteiger partial charge on any atom is 0.232 e. The van der Waals surface area contributed by atoms with Crippen molar-refractivity contribution in [3.05, 3.63) is 96.3 Å². The molecule has 0 spiro atoms. The number of benzene rings is 2. The van der Waals surface area contributed by atoms with E-state index in [1.807, 2.05) is 83.7 Å². The lowest BCUT2D eigenvalue weighted by atomic mass is 9.87. The van der Waals surface area contributed by atoms with Crippen LogP contribution in [-0.4, -0.2) is 27.2 Å². The summed E-state index contributed by atoms with van der Waals surface area (Å²) < 4.78 is 7.79. The van der Waals surface area contributed by atoms with Crippen molar-refractivity contribution in [1.82, 2.24) is 20.1 Å². The number of para-hydroxylation sites is 2. The predicted octanol–water partition coefficient (Wildman–Crippen LogP) is 4.00. The molecule has 0 saturated heterocycles. The molecule has 2 aromatic heterocycles. The Hall–Kier alpha value is -3.93. The van der Waals surface area contributed by atoms with Gasteiger partial charge < -0.3 is 10.1 Å². The van der Waals surface area contributed by atoms with Crippen LogP contribution in [0.3, 0.4) is 0 Å². The van der Waals surface area contributed by atoms with Crippen LogP contribution >= 0.6 is 0 Å². The molecule has 5 rings (SSSR count). The Balaban J connectivity index is 1.29. The molecule has 1 aliphatic heterocycles. The molecule has 0 saturated carbocycles. The van der Waals surface area contributed by atoms with Crippen molar-refractivity contribution in [2.24, 2.45) is 0 Å². The lowest BCUT2D eigenvalue weighted by Crippen LogP contribution is -2.33. The molecule has 0 atom stereocenters. The zero-order valence-corrected chi connectivity index (χ0v) is 16.2. The van der Waals surface area contributed by atoms with Crippen molar-refractivity contribution in [1.29, 1.82) is 0 Å². The molecule has 0 radical (unpaired) electrons. The average Bonchev–Trinajstić information content (AvgIpc) is 3.27. The van der Waals surface area contributed by atoms with E-state index in [-0.39, 0.29) is 5.91 Å². The van der Waals surface area contributed by atoms with E-state index in [2.05, 4.69) is 15.4 Å². The van der Waals surface area contributed by atoms with Gasteiger partial charge in [-0.1, -0.05) is 42.5 Å². The molecule has 1 amide bonds. The largest absolute Gasteiger partial charge is 0.457 e. The number of nitrogens with zero attached hydrogens (tertiary/aromatic N) is 3. The number of ether oxygens (including phenoxy) is 1. The number of aromatic nitrogens is 3. The van der Waals surface area contributed by atoms with E-state index in [4.69, 9.17) is 4.74 Å². The van der Waals surface area contributed by atoms with Gasteiger partial charge in [0.25, 0.3) is 0 Å². The fourth-order valence-corrected chi connectivity index (χ4v) is 3.73. The lowest BCUT2D eigenvalue weighted by molar-refractivity contribution is -0.121. The van der Waals surface area contributed by atoms with Crippen LogP contribution in [0.5, 0.6) is 11.5 Å². The van der Waals surface area contributed by atoms with Crippen LogP contribution in [0, 0.1) is 0 Å². The van der Waals surface area contributed by atoms with Gasteiger partial charge in [-0.05, 0) is 30.3 Å². The van der Waals surface area contributed by atoms with E-state index >= 15 is 0 Å². The summed E-state index contributed by atoms with van der Waals surface area (Å²) in [5, 5.41) is 7.61. The normalized spacial score (nSPS) is 12.5. The minimum atomic E-state index is -0.396. The highest BCUT2D eigenvalue weighted by Crippen LogP contribution is 2.43. The van der Waals surface area contributed by atoms with Gasteiger partial charge in [0, 0.05) is 30.1 Å². The first-order valence-corrected chi connectivity index (χ1v) is 9.88. The first-order valence-electron chi connectivity index (χ1n) is 9.88. The second-order valence-electron chi connectivity index (χ2n) is 7.08. The zero-order chi connectivity index (χ0) is 20.3. The average molecular weight is 396 g/mol. The first-order chi connectivity index (χ1) is 14.8. The van der Waals surface area contributed by atoms with E-state index < -0.39 is 5.92 Å². The molecule has 1 aliphatic rings. The SMILES string of the molecule is O=C(NCCn1ccc(-c2ccccn2)n1)C1c2ccccc2Oc2ccccc21. The standard InChI is InChI=1S/C24H20N4O2/c29-24(26-14-16-28-15-12-20(27-28)19-9-5-6-13-25-19)23-17-7-1-3-10-21(17)30-22-11-4-2-8-18(22)23/h1-13,15,23H,14,16H2,(H,26,29). The molecule has 6 heteroatoms. The van der Waals surface area contributed by atoms with Crippen molar-refractivity contribution in [2.75, 3.05) is 6.54 Å². The van der Waals surface area contributed by atoms with Crippen LogP contribution in [0.25, 0.3) is 11.4 Å². The Morgan fingerprint density at radius 2 is 1.60 bits per heavy atom. The number of hydrogen-bond donors (Lipinski definition) is 1. The monoisotopic (exact) mass is 396 g/mol. The Labute approximate surface area is 174 Å². The number of carbonyl (C=O) groups excluding carboxylic acids is 1. The fourth-order valence-electron chi connectivity index (χ4n) is 3.73. The molecule has 6 nitrogen and oxygen atoms in total. The number of amides is 1. The van der Waals surface area contributed by atoms with Crippen molar-refractivity contribution in [3.63, 3.8) is 0 Å². The van der Waals surface area contributed by atoms with E-state index in [1.54, 1.807) is 6.20 Å². The molecule has 148 valence electrons. The number of rotatable bonds is 5. The topological polar surface area (TPSA) is 69.0 Å². The van der Waals surface area contributed by atoms with Crippen LogP contribution in [0.2, 0.25) is 0 Å². The Kier molecular flexibility index (Phi) is 4.73. The number of carbonyl (C=O) groups is 1. The highest BCUT2D eigenvalue weighted by molar-refractivity contribution is 5.89. The zero-order valence-electron chi connectivity index (χ0n) is 16.2. The third-order valence-corrected chi connectivity index (χ3v) is 5.15. The van der Waals surface area contributed by atoms with Crippen LogP contribution in [0.1, 0.15) is 17.0 Å². The second-order valence-corrected chi connectivity index (χ2v) is 7.08. The quantitative estimate of drug-likeness (QED) is 0.554. The Morgan fingerprint density at radius 3 is 2.30 bits per heavy atom. The molecule has 3 heterocycles. The van der Waals surface area contributed by atoms with Crippen molar-refractivity contribution in [3.8, 4) is 22.9 Å². The molecule has 0 fully saturated rings. The van der Waals surface area contributed by atoms with Gasteiger partial charge >= 0.3 is 0 Å².